The number of anilines is 2. The van der Waals surface area contributed by atoms with Gasteiger partial charge in [-0.2, -0.15) is 0 Å². The molecule has 142 valence electrons. The number of benzene rings is 1. The SMILES string of the molecule is O=C(NCCNCc1ccccc1)c1ccsc1Nc1ccnc2[nH]ccc12. The van der Waals surface area contributed by atoms with Gasteiger partial charge in [0.15, 0.2) is 0 Å². The molecule has 0 unspecified atom stereocenters. The number of thiophene rings is 1. The first kappa shape index (κ1) is 18.2. The molecule has 1 aromatic carbocycles. The number of H-pyrrole nitrogens is 1. The van der Waals surface area contributed by atoms with Crippen LogP contribution >= 0.6 is 11.3 Å². The van der Waals surface area contributed by atoms with Crippen molar-refractivity contribution in [2.24, 2.45) is 0 Å². The fraction of sp³-hybridized carbons (Fsp3) is 0.143. The minimum Gasteiger partial charge on any atom is -0.351 e. The van der Waals surface area contributed by atoms with Crippen LogP contribution in [0.5, 0.6) is 0 Å². The van der Waals surface area contributed by atoms with E-state index >= 15 is 0 Å². The van der Waals surface area contributed by atoms with Crippen molar-refractivity contribution in [3.8, 4) is 0 Å². The molecule has 0 aliphatic heterocycles. The molecule has 0 fully saturated rings. The summed E-state index contributed by atoms with van der Waals surface area (Å²) in [7, 11) is 0. The van der Waals surface area contributed by atoms with Crippen LogP contribution in [0.3, 0.4) is 0 Å². The van der Waals surface area contributed by atoms with Gasteiger partial charge >= 0.3 is 0 Å². The summed E-state index contributed by atoms with van der Waals surface area (Å²) in [5, 5.41) is 13.4. The molecule has 0 saturated carbocycles. The van der Waals surface area contributed by atoms with Crippen molar-refractivity contribution in [3.63, 3.8) is 0 Å². The van der Waals surface area contributed by atoms with Crippen molar-refractivity contribution in [2.75, 3.05) is 18.4 Å². The highest BCUT2D eigenvalue weighted by atomic mass is 32.1. The van der Waals surface area contributed by atoms with Crippen LogP contribution in [0.15, 0.2) is 66.3 Å². The highest BCUT2D eigenvalue weighted by molar-refractivity contribution is 7.14. The van der Waals surface area contributed by atoms with Gasteiger partial charge in [0.05, 0.1) is 11.3 Å². The number of carbonyl (C=O) groups is 1. The Bertz CT molecular complexity index is 1060. The Morgan fingerprint density at radius 1 is 1.07 bits per heavy atom. The molecule has 0 aliphatic carbocycles. The molecule has 0 atom stereocenters. The van der Waals surface area contributed by atoms with E-state index in [9.17, 15) is 4.79 Å². The topological polar surface area (TPSA) is 81.8 Å². The Hall–Kier alpha value is -3.16. The molecular weight excluding hydrogens is 370 g/mol. The molecule has 1 amide bonds. The monoisotopic (exact) mass is 391 g/mol. The van der Waals surface area contributed by atoms with Gasteiger partial charge in [-0.05, 0) is 29.1 Å². The number of nitrogens with zero attached hydrogens (tertiary/aromatic N) is 1. The third-order valence-electron chi connectivity index (χ3n) is 4.38. The van der Waals surface area contributed by atoms with E-state index in [1.807, 2.05) is 48.0 Å². The number of amides is 1. The van der Waals surface area contributed by atoms with Crippen molar-refractivity contribution in [3.05, 3.63) is 77.4 Å². The van der Waals surface area contributed by atoms with Crippen LogP contribution in [-0.2, 0) is 6.54 Å². The van der Waals surface area contributed by atoms with E-state index in [-0.39, 0.29) is 5.91 Å². The van der Waals surface area contributed by atoms with Crippen LogP contribution in [0, 0.1) is 0 Å². The van der Waals surface area contributed by atoms with Gasteiger partial charge in [0.2, 0.25) is 0 Å². The maximum absolute atomic E-state index is 12.6. The summed E-state index contributed by atoms with van der Waals surface area (Å²) >= 11 is 1.51. The van der Waals surface area contributed by atoms with Crippen LogP contribution in [0.1, 0.15) is 15.9 Å². The van der Waals surface area contributed by atoms with Crippen molar-refractivity contribution < 1.29 is 4.79 Å². The average Bonchev–Trinajstić information content (AvgIpc) is 3.38. The smallest absolute Gasteiger partial charge is 0.254 e. The lowest BCUT2D eigenvalue weighted by Gasteiger charge is -2.10. The first-order valence-corrected chi connectivity index (χ1v) is 9.99. The van der Waals surface area contributed by atoms with E-state index in [1.165, 1.54) is 16.9 Å². The predicted molar refractivity (Wildman–Crippen MR) is 114 cm³/mol. The second kappa shape index (κ2) is 8.69. The molecule has 0 spiro atoms. The molecule has 0 bridgehead atoms. The van der Waals surface area contributed by atoms with Crippen molar-refractivity contribution in [1.82, 2.24) is 20.6 Å². The normalized spacial score (nSPS) is 10.9. The molecule has 4 N–H and O–H groups in total. The molecule has 0 saturated heterocycles. The number of aromatic amines is 1. The van der Waals surface area contributed by atoms with E-state index < -0.39 is 0 Å². The summed E-state index contributed by atoms with van der Waals surface area (Å²) in [5.74, 6) is -0.0790. The Morgan fingerprint density at radius 2 is 1.96 bits per heavy atom. The highest BCUT2D eigenvalue weighted by Crippen LogP contribution is 2.30. The third-order valence-corrected chi connectivity index (χ3v) is 5.21. The second-order valence-electron chi connectivity index (χ2n) is 6.31. The van der Waals surface area contributed by atoms with Crippen molar-refractivity contribution in [2.45, 2.75) is 6.54 Å². The highest BCUT2D eigenvalue weighted by Gasteiger charge is 2.14. The molecular formula is C21H21N5OS. The zero-order valence-electron chi connectivity index (χ0n) is 15.2. The summed E-state index contributed by atoms with van der Waals surface area (Å²) in [6.07, 6.45) is 3.60. The first-order chi connectivity index (χ1) is 13.8. The molecule has 4 aromatic rings. The summed E-state index contributed by atoms with van der Waals surface area (Å²) in [5.41, 5.74) is 3.62. The summed E-state index contributed by atoms with van der Waals surface area (Å²) in [4.78, 5) is 20.0. The molecule has 0 aliphatic rings. The maximum atomic E-state index is 12.6. The molecule has 7 heteroatoms. The van der Waals surface area contributed by atoms with Crippen LogP contribution in [-0.4, -0.2) is 29.0 Å². The fourth-order valence-corrected chi connectivity index (χ4v) is 3.76. The molecule has 4 rings (SSSR count). The lowest BCUT2D eigenvalue weighted by atomic mass is 10.2. The minimum atomic E-state index is -0.0790. The van der Waals surface area contributed by atoms with E-state index in [2.05, 4.69) is 38.1 Å². The zero-order chi connectivity index (χ0) is 19.2. The number of fused-ring (bicyclic) bond motifs is 1. The van der Waals surface area contributed by atoms with Gasteiger partial charge in [-0.1, -0.05) is 30.3 Å². The number of nitrogens with one attached hydrogen (secondary N) is 4. The molecule has 28 heavy (non-hydrogen) atoms. The van der Waals surface area contributed by atoms with Crippen molar-refractivity contribution >= 4 is 39.0 Å². The van der Waals surface area contributed by atoms with Gasteiger partial charge in [0.25, 0.3) is 5.91 Å². The quantitative estimate of drug-likeness (QED) is 0.344. The average molecular weight is 392 g/mol. The summed E-state index contributed by atoms with van der Waals surface area (Å²) in [6, 6.07) is 15.9. The van der Waals surface area contributed by atoms with Gasteiger partial charge < -0.3 is 20.9 Å². The van der Waals surface area contributed by atoms with Gasteiger partial charge in [0, 0.05) is 37.4 Å². The molecule has 0 radical (unpaired) electrons. The fourth-order valence-electron chi connectivity index (χ4n) is 2.97. The largest absolute Gasteiger partial charge is 0.351 e. The van der Waals surface area contributed by atoms with Gasteiger partial charge in [0.1, 0.15) is 10.6 Å². The number of pyridine rings is 1. The minimum absolute atomic E-state index is 0.0790. The Labute approximate surface area is 167 Å². The van der Waals surface area contributed by atoms with E-state index in [4.69, 9.17) is 0 Å². The molecule has 6 nitrogen and oxygen atoms in total. The van der Waals surface area contributed by atoms with Gasteiger partial charge in [-0.25, -0.2) is 4.98 Å². The Balaban J connectivity index is 1.32. The lowest BCUT2D eigenvalue weighted by molar-refractivity contribution is 0.0955. The van der Waals surface area contributed by atoms with Crippen LogP contribution in [0.2, 0.25) is 0 Å². The van der Waals surface area contributed by atoms with Crippen molar-refractivity contribution in [1.29, 1.82) is 0 Å². The number of rotatable bonds is 8. The number of aromatic nitrogens is 2. The molecule has 3 aromatic heterocycles. The Kier molecular flexibility index (Phi) is 5.65. The summed E-state index contributed by atoms with van der Waals surface area (Å²) in [6.45, 7) is 2.07. The maximum Gasteiger partial charge on any atom is 0.254 e. The van der Waals surface area contributed by atoms with Crippen LogP contribution in [0.25, 0.3) is 11.0 Å². The van der Waals surface area contributed by atoms with Gasteiger partial charge in [-0.3, -0.25) is 4.79 Å². The van der Waals surface area contributed by atoms with E-state index in [0.29, 0.717) is 18.7 Å². The molecule has 3 heterocycles. The van der Waals surface area contributed by atoms with Crippen LogP contribution in [0.4, 0.5) is 10.7 Å². The number of carbonyl (C=O) groups excluding carboxylic acids is 1. The predicted octanol–water partition coefficient (Wildman–Crippen LogP) is 3.89. The lowest BCUT2D eigenvalue weighted by Crippen LogP contribution is -2.31. The number of hydrogen-bond donors (Lipinski definition) is 4. The van der Waals surface area contributed by atoms with E-state index in [0.717, 1.165) is 28.3 Å². The van der Waals surface area contributed by atoms with E-state index in [1.54, 1.807) is 6.20 Å². The first-order valence-electron chi connectivity index (χ1n) is 9.11. The third kappa shape index (κ3) is 4.21. The second-order valence-corrected chi connectivity index (χ2v) is 7.22. The zero-order valence-corrected chi connectivity index (χ0v) is 16.1. The summed E-state index contributed by atoms with van der Waals surface area (Å²) < 4.78 is 0. The standard InChI is InChI=1S/C21H21N5OS/c27-20(25-12-11-22-14-15-4-2-1-3-5-15)17-8-13-28-21(17)26-18-7-10-24-19-16(18)6-9-23-19/h1-10,13,22H,11-12,14H2,(H,25,27)(H2,23,24,26). The number of hydrogen-bond acceptors (Lipinski definition) is 5. The van der Waals surface area contributed by atoms with Crippen LogP contribution < -0.4 is 16.0 Å². The Morgan fingerprint density at radius 3 is 2.86 bits per heavy atom. The van der Waals surface area contributed by atoms with Gasteiger partial charge in [-0.15, -0.1) is 11.3 Å².